The number of ether oxygens (including phenoxy) is 2. The molecule has 6 nitrogen and oxygen atoms in total. The molecule has 5 rings (SSSR count). The number of nitrogens with two attached hydrogens (primary N) is 1. The van der Waals surface area contributed by atoms with Crippen LogP contribution >= 0.6 is 11.6 Å². The average molecular weight is 613 g/mol. The largest absolute Gasteiger partial charge is 0.480 e. The first-order chi connectivity index (χ1) is 19.8. The summed E-state index contributed by atoms with van der Waals surface area (Å²) in [5, 5.41) is 12.6. The monoisotopic (exact) mass is 612 g/mol. The zero-order chi connectivity index (χ0) is 30.4. The van der Waals surface area contributed by atoms with Gasteiger partial charge in [0.05, 0.1) is 11.1 Å². The maximum absolute atomic E-state index is 16.2. The van der Waals surface area contributed by atoms with Crippen molar-refractivity contribution in [2.75, 3.05) is 6.54 Å². The molecule has 2 aromatic rings. The topological polar surface area (TPSA) is 93.8 Å². The number of alkyl halides is 4. The quantitative estimate of drug-likeness (QED) is 0.352. The first kappa shape index (κ1) is 30.5. The van der Waals surface area contributed by atoms with E-state index in [1.807, 2.05) is 0 Å². The van der Waals surface area contributed by atoms with Crippen LogP contribution in [0.2, 0.25) is 5.02 Å². The summed E-state index contributed by atoms with van der Waals surface area (Å²) in [7, 11) is 0. The van der Waals surface area contributed by atoms with Gasteiger partial charge in [-0.25, -0.2) is 13.2 Å². The molecule has 0 saturated heterocycles. The first-order valence-electron chi connectivity index (χ1n) is 13.5. The van der Waals surface area contributed by atoms with E-state index in [0.717, 1.165) is 25.1 Å². The molecule has 2 unspecified atom stereocenters. The molecule has 1 fully saturated rings. The van der Waals surface area contributed by atoms with Gasteiger partial charge in [-0.05, 0) is 37.8 Å². The molecule has 1 aliphatic heterocycles. The minimum Gasteiger partial charge on any atom is -0.480 e. The Bertz CT molecular complexity index is 1420. The first-order valence-corrected chi connectivity index (χ1v) is 13.9. The second-order valence-electron chi connectivity index (χ2n) is 11.1. The van der Waals surface area contributed by atoms with E-state index in [0.29, 0.717) is 12.0 Å². The van der Waals surface area contributed by atoms with Gasteiger partial charge in [0, 0.05) is 47.3 Å². The molecule has 2 aromatic carbocycles. The van der Waals surface area contributed by atoms with Crippen LogP contribution in [0.5, 0.6) is 5.75 Å². The van der Waals surface area contributed by atoms with Crippen molar-refractivity contribution < 1.29 is 41.3 Å². The standard InChI is InChI=1S/C30H30ClF5N2O4/c1-29(42-28(35)36)10-9-17(27(37)40)24(26(29)34)23-18-13-30(15-5-3-2-4-6-15,41-22(18)12-20(33)25(23)31)14-38-16-7-8-21(39)19(32)11-16/h2-6,9-10,12,16,19,21,26,28,38-39H,7-8,11,13-14H2,1H3,(H2,37,40)/t16-,19+,21+,26?,29?,30+/m0/s1. The number of rotatable bonds is 8. The highest BCUT2D eigenvalue weighted by Crippen LogP contribution is 2.51. The third-order valence-corrected chi connectivity index (χ3v) is 8.64. The summed E-state index contributed by atoms with van der Waals surface area (Å²) in [5.74, 6) is -2.06. The number of nitrogens with one attached hydrogen (secondary N) is 1. The normalized spacial score (nSPS) is 30.9. The lowest BCUT2D eigenvalue weighted by atomic mass is 9.78. The summed E-state index contributed by atoms with van der Waals surface area (Å²) >= 11 is 6.43. The minimum absolute atomic E-state index is 0.00146. The maximum atomic E-state index is 16.2. The van der Waals surface area contributed by atoms with Crippen LogP contribution in [0.1, 0.15) is 42.9 Å². The minimum atomic E-state index is -3.35. The van der Waals surface area contributed by atoms with Crippen LogP contribution in [0, 0.1) is 5.82 Å². The highest BCUT2D eigenvalue weighted by molar-refractivity contribution is 6.33. The zero-order valence-corrected chi connectivity index (χ0v) is 23.3. The number of carbonyl (C=O) groups excluding carboxylic acids is 1. The maximum Gasteiger partial charge on any atom is 0.346 e. The third-order valence-electron chi connectivity index (χ3n) is 8.27. The molecule has 2 aliphatic carbocycles. The van der Waals surface area contributed by atoms with E-state index in [4.69, 9.17) is 22.1 Å². The van der Waals surface area contributed by atoms with Gasteiger partial charge in [-0.2, -0.15) is 8.78 Å². The van der Waals surface area contributed by atoms with Gasteiger partial charge in [-0.15, -0.1) is 0 Å². The highest BCUT2D eigenvalue weighted by atomic mass is 35.5. The summed E-state index contributed by atoms with van der Waals surface area (Å²) in [6, 6.07) is 9.68. The molecule has 4 N–H and O–H groups in total. The Kier molecular flexibility index (Phi) is 8.41. The van der Waals surface area contributed by atoms with Crippen molar-refractivity contribution in [2.24, 2.45) is 5.73 Å². The van der Waals surface area contributed by atoms with Crippen LogP contribution in [-0.2, 0) is 21.6 Å². The van der Waals surface area contributed by atoms with Gasteiger partial charge in [0.25, 0.3) is 0 Å². The van der Waals surface area contributed by atoms with E-state index in [1.54, 1.807) is 30.3 Å². The fraction of sp³-hybridized carbons (Fsp3) is 0.433. The van der Waals surface area contributed by atoms with E-state index < -0.39 is 58.6 Å². The summed E-state index contributed by atoms with van der Waals surface area (Å²) in [6.07, 6.45) is -1.91. The second kappa shape index (κ2) is 11.6. The lowest BCUT2D eigenvalue weighted by Gasteiger charge is -2.35. The Morgan fingerprint density at radius 1 is 1.26 bits per heavy atom. The van der Waals surface area contributed by atoms with Gasteiger partial charge in [0.15, 0.2) is 11.8 Å². The SMILES string of the molecule is CC1(OC(F)F)C=CC(C(N)=O)=C(c2c(Cl)c(F)cc3c2C[C@@](CN[C@H]2CC[C@@H](O)[C@H](F)C2)(c2ccccc2)O3)C1F. The molecule has 0 radical (unpaired) electrons. The van der Waals surface area contributed by atoms with Crippen LogP contribution in [0.3, 0.4) is 0 Å². The van der Waals surface area contributed by atoms with Crippen molar-refractivity contribution in [2.45, 2.75) is 74.9 Å². The number of aliphatic hydroxyl groups is 1. The Balaban J connectivity index is 1.60. The van der Waals surface area contributed by atoms with Crippen LogP contribution in [0.15, 0.2) is 54.1 Å². The second-order valence-corrected chi connectivity index (χ2v) is 11.5. The van der Waals surface area contributed by atoms with Crippen molar-refractivity contribution in [1.82, 2.24) is 5.32 Å². The fourth-order valence-electron chi connectivity index (χ4n) is 6.03. The molecule has 1 heterocycles. The number of primary amides is 1. The molecule has 1 saturated carbocycles. The molecule has 12 heteroatoms. The van der Waals surface area contributed by atoms with Crippen molar-refractivity contribution in [3.8, 4) is 5.75 Å². The molecule has 0 bridgehead atoms. The van der Waals surface area contributed by atoms with Gasteiger partial charge in [-0.3, -0.25) is 4.79 Å². The van der Waals surface area contributed by atoms with Crippen molar-refractivity contribution in [1.29, 1.82) is 0 Å². The molecule has 1 amide bonds. The van der Waals surface area contributed by atoms with Gasteiger partial charge < -0.3 is 25.6 Å². The number of fused-ring (bicyclic) bond motifs is 1. The smallest absolute Gasteiger partial charge is 0.346 e. The van der Waals surface area contributed by atoms with E-state index in [2.05, 4.69) is 10.1 Å². The number of carbonyl (C=O) groups is 1. The van der Waals surface area contributed by atoms with E-state index in [9.17, 15) is 23.1 Å². The van der Waals surface area contributed by atoms with E-state index in [-0.39, 0.29) is 54.3 Å². The molecule has 226 valence electrons. The number of hydrogen-bond donors (Lipinski definition) is 3. The van der Waals surface area contributed by atoms with Crippen molar-refractivity contribution in [3.05, 3.63) is 81.7 Å². The predicted molar refractivity (Wildman–Crippen MR) is 146 cm³/mol. The molecule has 3 aliphatic rings. The predicted octanol–water partition coefficient (Wildman–Crippen LogP) is 5.30. The average Bonchev–Trinajstić information content (AvgIpc) is 3.31. The van der Waals surface area contributed by atoms with Gasteiger partial charge in [0.1, 0.15) is 23.3 Å². The van der Waals surface area contributed by atoms with Crippen LogP contribution in [0.25, 0.3) is 5.57 Å². The lowest BCUT2D eigenvalue weighted by molar-refractivity contribution is -0.198. The number of halogens is 6. The van der Waals surface area contributed by atoms with Gasteiger partial charge in [-0.1, -0.05) is 48.0 Å². The zero-order valence-electron chi connectivity index (χ0n) is 22.6. The van der Waals surface area contributed by atoms with E-state index in [1.165, 1.54) is 0 Å². The summed E-state index contributed by atoms with van der Waals surface area (Å²) in [5.41, 5.74) is 1.92. The van der Waals surface area contributed by atoms with E-state index >= 15 is 8.78 Å². The number of hydrogen-bond acceptors (Lipinski definition) is 5. The van der Waals surface area contributed by atoms with Crippen molar-refractivity contribution in [3.63, 3.8) is 0 Å². The Hall–Kier alpha value is -2.99. The molecule has 0 aromatic heterocycles. The molecule has 0 spiro atoms. The van der Waals surface area contributed by atoms with Gasteiger partial charge in [0.2, 0.25) is 5.91 Å². The van der Waals surface area contributed by atoms with Crippen LogP contribution in [0.4, 0.5) is 22.0 Å². The van der Waals surface area contributed by atoms with Crippen LogP contribution in [-0.4, -0.2) is 54.3 Å². The lowest BCUT2D eigenvalue weighted by Crippen LogP contribution is -2.48. The van der Waals surface area contributed by atoms with Gasteiger partial charge >= 0.3 is 6.61 Å². The Morgan fingerprint density at radius 3 is 2.62 bits per heavy atom. The molecular formula is C30H30ClF5N2O4. The Morgan fingerprint density at radius 2 is 1.98 bits per heavy atom. The highest BCUT2D eigenvalue weighted by Gasteiger charge is 2.48. The molecule has 42 heavy (non-hydrogen) atoms. The summed E-state index contributed by atoms with van der Waals surface area (Å²) in [4.78, 5) is 12.4. The Labute approximate surface area is 244 Å². The molecule has 6 atom stereocenters. The van der Waals surface area contributed by atoms with Crippen LogP contribution < -0.4 is 15.8 Å². The summed E-state index contributed by atoms with van der Waals surface area (Å²) < 4.78 is 83.4. The number of aliphatic hydroxyl groups excluding tert-OH is 1. The molecular weight excluding hydrogens is 583 g/mol. The fourth-order valence-corrected chi connectivity index (χ4v) is 6.30. The number of amides is 1. The third kappa shape index (κ3) is 5.55. The summed E-state index contributed by atoms with van der Waals surface area (Å²) in [6.45, 7) is -2.17. The van der Waals surface area contributed by atoms with Crippen molar-refractivity contribution >= 4 is 23.1 Å². The number of benzene rings is 2.